The van der Waals surface area contributed by atoms with Gasteiger partial charge in [-0.1, -0.05) is 62.6 Å². The van der Waals surface area contributed by atoms with Crippen LogP contribution in [0.15, 0.2) is 77.3 Å². The number of anilines is 1. The lowest BCUT2D eigenvalue weighted by atomic mass is 10.2. The van der Waals surface area contributed by atoms with Gasteiger partial charge in [0.15, 0.2) is 0 Å². The number of halogens is 1. The Morgan fingerprint density at radius 3 is 2.52 bits per heavy atom. The molecule has 31 heavy (non-hydrogen) atoms. The molecule has 0 saturated carbocycles. The van der Waals surface area contributed by atoms with Crippen molar-refractivity contribution in [3.8, 4) is 11.5 Å². The van der Waals surface area contributed by atoms with Crippen LogP contribution in [-0.4, -0.2) is 12.5 Å². The molecule has 3 rings (SSSR count). The van der Waals surface area contributed by atoms with E-state index in [-0.39, 0.29) is 5.91 Å². The topological polar surface area (TPSA) is 47.6 Å². The van der Waals surface area contributed by atoms with Crippen LogP contribution in [0.5, 0.6) is 11.5 Å². The summed E-state index contributed by atoms with van der Waals surface area (Å²) in [6.45, 7) is 3.35. The van der Waals surface area contributed by atoms with Crippen molar-refractivity contribution in [3.05, 3.63) is 88.4 Å². The fraction of sp³-hybridized carbons (Fsp3) is 0.269. The average Bonchev–Trinajstić information content (AvgIpc) is 2.79. The first-order valence-corrected chi connectivity index (χ1v) is 11.5. The molecule has 3 aromatic carbocycles. The largest absolute Gasteiger partial charge is 0.492 e. The summed E-state index contributed by atoms with van der Waals surface area (Å²) in [7, 11) is 0. The first-order chi connectivity index (χ1) is 15.2. The number of ether oxygens (including phenoxy) is 2. The van der Waals surface area contributed by atoms with Crippen molar-refractivity contribution in [2.24, 2.45) is 0 Å². The normalized spacial score (nSPS) is 10.5. The number of carbonyl (C=O) groups is 1. The highest BCUT2D eigenvalue weighted by Gasteiger charge is 2.10. The van der Waals surface area contributed by atoms with Gasteiger partial charge in [0.2, 0.25) is 0 Å². The van der Waals surface area contributed by atoms with E-state index in [9.17, 15) is 4.79 Å². The van der Waals surface area contributed by atoms with Crippen molar-refractivity contribution in [2.45, 2.75) is 39.2 Å². The van der Waals surface area contributed by atoms with Crippen LogP contribution in [0.2, 0.25) is 0 Å². The number of benzene rings is 3. The van der Waals surface area contributed by atoms with E-state index in [1.807, 2.05) is 60.7 Å². The zero-order valence-corrected chi connectivity index (χ0v) is 19.4. The fourth-order valence-electron chi connectivity index (χ4n) is 3.08. The van der Waals surface area contributed by atoms with Crippen LogP contribution in [0.25, 0.3) is 0 Å². The van der Waals surface area contributed by atoms with E-state index in [1.165, 1.54) is 19.3 Å². The minimum Gasteiger partial charge on any atom is -0.492 e. The molecule has 0 bridgehead atoms. The molecule has 0 unspecified atom stereocenters. The summed E-state index contributed by atoms with van der Waals surface area (Å²) in [5.41, 5.74) is 2.33. The molecule has 0 aliphatic carbocycles. The third-order valence-corrected chi connectivity index (χ3v) is 5.41. The minimum absolute atomic E-state index is 0.185. The molecule has 0 atom stereocenters. The van der Waals surface area contributed by atoms with Gasteiger partial charge in [0, 0.05) is 17.3 Å². The Morgan fingerprint density at radius 1 is 0.903 bits per heavy atom. The summed E-state index contributed by atoms with van der Waals surface area (Å²) in [6, 6.07) is 22.8. The summed E-state index contributed by atoms with van der Waals surface area (Å²) in [6.07, 6.45) is 4.63. The molecule has 0 aromatic heterocycles. The predicted octanol–water partition coefficient (Wildman–Crippen LogP) is 7.24. The van der Waals surface area contributed by atoms with Crippen molar-refractivity contribution in [2.75, 3.05) is 11.9 Å². The van der Waals surface area contributed by atoms with Gasteiger partial charge in [-0.05, 0) is 58.2 Å². The standard InChI is InChI=1S/C26H28BrNO3/c1-2-3-4-8-16-30-25-15-14-21(17-24(25)27)26(29)28-22-12-9-13-23(18-22)31-19-20-10-6-5-7-11-20/h5-7,9-15,17-18H,2-4,8,16,19H2,1H3,(H,28,29). The highest BCUT2D eigenvalue weighted by Crippen LogP contribution is 2.27. The Hall–Kier alpha value is -2.79. The van der Waals surface area contributed by atoms with Crippen molar-refractivity contribution in [3.63, 3.8) is 0 Å². The number of hydrogen-bond acceptors (Lipinski definition) is 3. The molecule has 0 aliphatic rings. The zero-order valence-electron chi connectivity index (χ0n) is 17.8. The van der Waals surface area contributed by atoms with Crippen LogP contribution in [0.1, 0.15) is 48.5 Å². The van der Waals surface area contributed by atoms with Crippen LogP contribution in [-0.2, 0) is 6.61 Å². The second-order valence-corrected chi connectivity index (χ2v) is 8.16. The van der Waals surface area contributed by atoms with Crippen molar-refractivity contribution in [1.82, 2.24) is 0 Å². The Morgan fingerprint density at radius 2 is 1.74 bits per heavy atom. The van der Waals surface area contributed by atoms with Gasteiger partial charge in [0.25, 0.3) is 5.91 Å². The highest BCUT2D eigenvalue weighted by molar-refractivity contribution is 9.10. The Kier molecular flexibility index (Phi) is 8.98. The molecular formula is C26H28BrNO3. The first kappa shape index (κ1) is 22.9. The van der Waals surface area contributed by atoms with Crippen LogP contribution < -0.4 is 14.8 Å². The molecule has 0 radical (unpaired) electrons. The molecule has 4 nitrogen and oxygen atoms in total. The molecular weight excluding hydrogens is 454 g/mol. The van der Waals surface area contributed by atoms with Crippen molar-refractivity contribution in [1.29, 1.82) is 0 Å². The molecule has 0 aliphatic heterocycles. The summed E-state index contributed by atoms with van der Waals surface area (Å²) >= 11 is 3.51. The van der Waals surface area contributed by atoms with E-state index in [0.29, 0.717) is 30.2 Å². The maximum Gasteiger partial charge on any atom is 0.255 e. The molecule has 3 aromatic rings. The number of carbonyl (C=O) groups excluding carboxylic acids is 1. The van der Waals surface area contributed by atoms with E-state index in [1.54, 1.807) is 12.1 Å². The smallest absolute Gasteiger partial charge is 0.255 e. The highest BCUT2D eigenvalue weighted by atomic mass is 79.9. The van der Waals surface area contributed by atoms with Crippen molar-refractivity contribution >= 4 is 27.5 Å². The lowest BCUT2D eigenvalue weighted by molar-refractivity contribution is 0.102. The number of rotatable bonds is 11. The number of nitrogens with one attached hydrogen (secondary N) is 1. The molecule has 0 fully saturated rings. The summed E-state index contributed by atoms with van der Waals surface area (Å²) in [4.78, 5) is 12.7. The van der Waals surface area contributed by atoms with Gasteiger partial charge in [0.1, 0.15) is 18.1 Å². The van der Waals surface area contributed by atoms with Gasteiger partial charge >= 0.3 is 0 Å². The van der Waals surface area contributed by atoms with E-state index in [2.05, 4.69) is 28.2 Å². The average molecular weight is 482 g/mol. The minimum atomic E-state index is -0.185. The van der Waals surface area contributed by atoms with Gasteiger partial charge in [-0.15, -0.1) is 0 Å². The third-order valence-electron chi connectivity index (χ3n) is 4.79. The van der Waals surface area contributed by atoms with Crippen molar-refractivity contribution < 1.29 is 14.3 Å². The summed E-state index contributed by atoms with van der Waals surface area (Å²) in [5.74, 6) is 1.27. The van der Waals surface area contributed by atoms with Gasteiger partial charge < -0.3 is 14.8 Å². The van der Waals surface area contributed by atoms with E-state index in [4.69, 9.17) is 9.47 Å². The Balaban J connectivity index is 1.55. The number of unbranched alkanes of at least 4 members (excludes halogenated alkanes) is 3. The maximum absolute atomic E-state index is 12.7. The van der Waals surface area contributed by atoms with Crippen LogP contribution in [0.3, 0.4) is 0 Å². The predicted molar refractivity (Wildman–Crippen MR) is 129 cm³/mol. The van der Waals surface area contributed by atoms with Gasteiger partial charge in [-0.3, -0.25) is 4.79 Å². The molecule has 162 valence electrons. The molecule has 0 spiro atoms. The second kappa shape index (κ2) is 12.2. The summed E-state index contributed by atoms with van der Waals surface area (Å²) in [5, 5.41) is 2.93. The monoisotopic (exact) mass is 481 g/mol. The Labute approximate surface area is 192 Å². The molecule has 0 heterocycles. The third kappa shape index (κ3) is 7.44. The SMILES string of the molecule is CCCCCCOc1ccc(C(=O)Nc2cccc(OCc3ccccc3)c2)cc1Br. The number of amides is 1. The second-order valence-electron chi connectivity index (χ2n) is 7.31. The molecule has 0 saturated heterocycles. The molecule has 5 heteroatoms. The summed E-state index contributed by atoms with van der Waals surface area (Å²) < 4.78 is 12.4. The molecule has 1 N–H and O–H groups in total. The fourth-order valence-corrected chi connectivity index (χ4v) is 3.57. The van der Waals surface area contributed by atoms with Gasteiger partial charge in [-0.2, -0.15) is 0 Å². The lowest BCUT2D eigenvalue weighted by Gasteiger charge is -2.11. The Bertz CT molecular complexity index is 975. The van der Waals surface area contributed by atoms with Gasteiger partial charge in [0.05, 0.1) is 11.1 Å². The molecule has 1 amide bonds. The van der Waals surface area contributed by atoms with E-state index < -0.39 is 0 Å². The van der Waals surface area contributed by atoms with E-state index in [0.717, 1.165) is 22.2 Å². The zero-order chi connectivity index (χ0) is 21.9. The van der Waals surface area contributed by atoms with Crippen LogP contribution in [0, 0.1) is 0 Å². The van der Waals surface area contributed by atoms with Gasteiger partial charge in [-0.25, -0.2) is 0 Å². The lowest BCUT2D eigenvalue weighted by Crippen LogP contribution is -2.12. The first-order valence-electron chi connectivity index (χ1n) is 10.7. The van der Waals surface area contributed by atoms with Crippen LogP contribution in [0.4, 0.5) is 5.69 Å². The van der Waals surface area contributed by atoms with E-state index >= 15 is 0 Å². The maximum atomic E-state index is 12.7. The quantitative estimate of drug-likeness (QED) is 0.293. The number of hydrogen-bond donors (Lipinski definition) is 1. The van der Waals surface area contributed by atoms with Crippen LogP contribution >= 0.6 is 15.9 Å².